The number of thiol groups is 1. The van der Waals surface area contributed by atoms with E-state index in [1.165, 1.54) is 0 Å². The van der Waals surface area contributed by atoms with E-state index in [0.29, 0.717) is 31.7 Å². The number of carbonyl (C=O) groups is 3. The SMILES string of the molecule is CC(CC(=O)C(C)C(C)CC(=O)CCS)C(=O)NCCN. The van der Waals surface area contributed by atoms with E-state index in [1.54, 1.807) is 6.92 Å². The predicted molar refractivity (Wildman–Crippen MR) is 87.3 cm³/mol. The molecule has 0 aromatic rings. The first-order valence-electron chi connectivity index (χ1n) is 7.46. The lowest BCUT2D eigenvalue weighted by Gasteiger charge is -2.20. The molecule has 5 nitrogen and oxygen atoms in total. The molecule has 0 radical (unpaired) electrons. The molecule has 0 aliphatic heterocycles. The zero-order valence-corrected chi connectivity index (χ0v) is 14.1. The molecule has 0 spiro atoms. The number of nitrogens with two attached hydrogens (primary N) is 1. The number of hydrogen-bond acceptors (Lipinski definition) is 5. The maximum atomic E-state index is 12.2. The van der Waals surface area contributed by atoms with Gasteiger partial charge in [-0.25, -0.2) is 0 Å². The van der Waals surface area contributed by atoms with Gasteiger partial charge >= 0.3 is 0 Å². The summed E-state index contributed by atoms with van der Waals surface area (Å²) in [5, 5.41) is 2.68. The third-order valence-electron chi connectivity index (χ3n) is 3.70. The Morgan fingerprint density at radius 3 is 2.29 bits per heavy atom. The van der Waals surface area contributed by atoms with Crippen LogP contribution in [-0.2, 0) is 14.4 Å². The van der Waals surface area contributed by atoms with Gasteiger partial charge in [-0.05, 0) is 11.7 Å². The Bertz CT molecular complexity index is 361. The standard InChI is InChI=1S/C15H28N2O3S/c1-10(8-13(18)4-7-21)12(3)14(19)9-11(2)15(20)17-6-5-16/h10-12,21H,4-9,16H2,1-3H3,(H,17,20). The Kier molecular flexibility index (Phi) is 10.3. The fourth-order valence-electron chi connectivity index (χ4n) is 2.03. The van der Waals surface area contributed by atoms with E-state index in [-0.39, 0.29) is 41.6 Å². The van der Waals surface area contributed by atoms with E-state index in [9.17, 15) is 14.4 Å². The molecular formula is C15H28N2O3S. The zero-order chi connectivity index (χ0) is 16.4. The summed E-state index contributed by atoms with van der Waals surface area (Å²) in [6.45, 7) is 6.26. The quantitative estimate of drug-likeness (QED) is 0.500. The number of ketones is 2. The summed E-state index contributed by atoms with van der Waals surface area (Å²) in [6, 6.07) is 0. The minimum atomic E-state index is -0.369. The van der Waals surface area contributed by atoms with Gasteiger partial charge in [-0.1, -0.05) is 20.8 Å². The molecule has 0 heterocycles. The van der Waals surface area contributed by atoms with E-state index < -0.39 is 0 Å². The van der Waals surface area contributed by atoms with Crippen molar-refractivity contribution in [1.82, 2.24) is 5.32 Å². The van der Waals surface area contributed by atoms with Crippen LogP contribution in [0.1, 0.15) is 40.0 Å². The van der Waals surface area contributed by atoms with Crippen LogP contribution in [0.15, 0.2) is 0 Å². The van der Waals surface area contributed by atoms with Crippen molar-refractivity contribution in [1.29, 1.82) is 0 Å². The van der Waals surface area contributed by atoms with Gasteiger partial charge in [0, 0.05) is 44.2 Å². The molecule has 3 atom stereocenters. The van der Waals surface area contributed by atoms with Crippen molar-refractivity contribution in [3.8, 4) is 0 Å². The fourth-order valence-corrected chi connectivity index (χ4v) is 2.28. The van der Waals surface area contributed by atoms with Gasteiger partial charge in [0.15, 0.2) is 0 Å². The first-order valence-corrected chi connectivity index (χ1v) is 8.09. The maximum Gasteiger partial charge on any atom is 0.223 e. The van der Waals surface area contributed by atoms with E-state index in [1.807, 2.05) is 13.8 Å². The van der Waals surface area contributed by atoms with Crippen molar-refractivity contribution < 1.29 is 14.4 Å². The van der Waals surface area contributed by atoms with Crippen LogP contribution in [0.4, 0.5) is 0 Å². The predicted octanol–water partition coefficient (Wildman–Crippen LogP) is 1.21. The fraction of sp³-hybridized carbons (Fsp3) is 0.800. The molecule has 0 aromatic heterocycles. The average Bonchev–Trinajstić information content (AvgIpc) is 2.43. The number of Topliss-reactive ketones (excluding diaryl/α,β-unsaturated/α-hetero) is 2. The Morgan fingerprint density at radius 2 is 1.76 bits per heavy atom. The Hall–Kier alpha value is -0.880. The van der Waals surface area contributed by atoms with Crippen molar-refractivity contribution in [2.75, 3.05) is 18.8 Å². The van der Waals surface area contributed by atoms with Gasteiger partial charge in [0.25, 0.3) is 0 Å². The van der Waals surface area contributed by atoms with Crippen LogP contribution in [0, 0.1) is 17.8 Å². The molecule has 0 saturated heterocycles. The zero-order valence-electron chi connectivity index (χ0n) is 13.2. The molecule has 6 heteroatoms. The molecule has 0 bridgehead atoms. The van der Waals surface area contributed by atoms with Crippen LogP contribution >= 0.6 is 12.6 Å². The molecule has 3 N–H and O–H groups in total. The molecule has 0 saturated carbocycles. The highest BCUT2D eigenvalue weighted by Crippen LogP contribution is 2.20. The average molecular weight is 316 g/mol. The molecule has 0 aliphatic carbocycles. The summed E-state index contributed by atoms with van der Waals surface area (Å²) in [4.78, 5) is 35.5. The second-order valence-electron chi connectivity index (χ2n) is 5.63. The smallest absolute Gasteiger partial charge is 0.223 e. The lowest BCUT2D eigenvalue weighted by molar-refractivity contribution is -0.131. The Morgan fingerprint density at radius 1 is 1.14 bits per heavy atom. The van der Waals surface area contributed by atoms with Gasteiger partial charge in [0.05, 0.1) is 0 Å². The molecule has 3 unspecified atom stereocenters. The summed E-state index contributed by atoms with van der Waals surface area (Å²) < 4.78 is 0. The van der Waals surface area contributed by atoms with Crippen molar-refractivity contribution >= 4 is 30.1 Å². The van der Waals surface area contributed by atoms with Gasteiger partial charge in [-0.15, -0.1) is 0 Å². The highest BCUT2D eigenvalue weighted by atomic mass is 32.1. The van der Waals surface area contributed by atoms with Crippen LogP contribution in [0.2, 0.25) is 0 Å². The normalized spacial score (nSPS) is 15.1. The molecular weight excluding hydrogens is 288 g/mol. The topological polar surface area (TPSA) is 89.3 Å². The van der Waals surface area contributed by atoms with Gasteiger partial charge in [-0.2, -0.15) is 12.6 Å². The first-order chi connectivity index (χ1) is 9.83. The minimum Gasteiger partial charge on any atom is -0.355 e. The van der Waals surface area contributed by atoms with Crippen molar-refractivity contribution in [3.63, 3.8) is 0 Å². The van der Waals surface area contributed by atoms with Crippen molar-refractivity contribution in [2.24, 2.45) is 23.5 Å². The van der Waals surface area contributed by atoms with Crippen LogP contribution in [0.25, 0.3) is 0 Å². The second kappa shape index (κ2) is 10.8. The highest BCUT2D eigenvalue weighted by Gasteiger charge is 2.25. The third-order valence-corrected chi connectivity index (χ3v) is 3.92. The number of hydrogen-bond donors (Lipinski definition) is 3. The van der Waals surface area contributed by atoms with E-state index in [2.05, 4.69) is 17.9 Å². The van der Waals surface area contributed by atoms with Gasteiger partial charge in [0.1, 0.15) is 11.6 Å². The molecule has 0 aromatic carbocycles. The molecule has 0 aliphatic rings. The number of nitrogens with one attached hydrogen (secondary N) is 1. The molecule has 0 rings (SSSR count). The summed E-state index contributed by atoms with van der Waals surface area (Å²) in [7, 11) is 0. The highest BCUT2D eigenvalue weighted by molar-refractivity contribution is 7.80. The third kappa shape index (κ3) is 8.21. The van der Waals surface area contributed by atoms with Crippen LogP contribution in [0.3, 0.4) is 0 Å². The number of rotatable bonds is 11. The number of amides is 1. The number of carbonyl (C=O) groups excluding carboxylic acids is 3. The Labute approximate surface area is 132 Å². The van der Waals surface area contributed by atoms with Crippen molar-refractivity contribution in [3.05, 3.63) is 0 Å². The minimum absolute atomic E-state index is 0.0100. The van der Waals surface area contributed by atoms with Gasteiger partial charge < -0.3 is 11.1 Å². The first kappa shape index (κ1) is 20.1. The lowest BCUT2D eigenvalue weighted by atomic mass is 9.84. The maximum absolute atomic E-state index is 12.2. The van der Waals surface area contributed by atoms with E-state index >= 15 is 0 Å². The van der Waals surface area contributed by atoms with Gasteiger partial charge in [-0.3, -0.25) is 14.4 Å². The molecule has 21 heavy (non-hydrogen) atoms. The Balaban J connectivity index is 4.30. The summed E-state index contributed by atoms with van der Waals surface area (Å²) in [5.74, 6) is -0.0661. The molecule has 122 valence electrons. The van der Waals surface area contributed by atoms with Crippen molar-refractivity contribution in [2.45, 2.75) is 40.0 Å². The molecule has 0 fully saturated rings. The summed E-state index contributed by atoms with van der Waals surface area (Å²) in [6.07, 6.45) is 1.02. The summed E-state index contributed by atoms with van der Waals surface area (Å²) >= 11 is 4.03. The lowest BCUT2D eigenvalue weighted by Crippen LogP contribution is -2.35. The van der Waals surface area contributed by atoms with E-state index in [0.717, 1.165) is 0 Å². The van der Waals surface area contributed by atoms with Crippen LogP contribution in [0.5, 0.6) is 0 Å². The summed E-state index contributed by atoms with van der Waals surface area (Å²) in [5.41, 5.74) is 5.32. The van der Waals surface area contributed by atoms with E-state index in [4.69, 9.17) is 5.73 Å². The van der Waals surface area contributed by atoms with Crippen LogP contribution < -0.4 is 11.1 Å². The molecule has 1 amide bonds. The monoisotopic (exact) mass is 316 g/mol. The van der Waals surface area contributed by atoms with Crippen LogP contribution in [-0.4, -0.2) is 36.3 Å². The largest absolute Gasteiger partial charge is 0.355 e. The second-order valence-corrected chi connectivity index (χ2v) is 6.08. The van der Waals surface area contributed by atoms with Gasteiger partial charge in [0.2, 0.25) is 5.91 Å².